The van der Waals surface area contributed by atoms with Crippen molar-refractivity contribution in [3.8, 4) is 0 Å². The van der Waals surface area contributed by atoms with Gasteiger partial charge in [-0.15, -0.1) is 0 Å². The molecule has 0 fully saturated rings. The number of esters is 1. The smallest absolute Gasteiger partial charge is 0.326 e. The van der Waals surface area contributed by atoms with Gasteiger partial charge in [0.05, 0.1) is 17.3 Å². The van der Waals surface area contributed by atoms with Crippen LogP contribution in [0.2, 0.25) is 5.02 Å². The molecule has 22 heavy (non-hydrogen) atoms. The van der Waals surface area contributed by atoms with E-state index in [4.69, 9.17) is 16.3 Å². The fourth-order valence-electron chi connectivity index (χ4n) is 1.91. The Morgan fingerprint density at radius 2 is 1.95 bits per heavy atom. The Balaban J connectivity index is 2.28. The summed E-state index contributed by atoms with van der Waals surface area (Å²) in [5, 5.41) is 0.610. The van der Waals surface area contributed by atoms with Crippen molar-refractivity contribution in [1.82, 2.24) is 0 Å². The number of benzene rings is 2. The van der Waals surface area contributed by atoms with Gasteiger partial charge in [0.1, 0.15) is 6.54 Å². The third-order valence-corrected chi connectivity index (χ3v) is 4.26. The summed E-state index contributed by atoms with van der Waals surface area (Å²) in [4.78, 5) is 12.9. The molecule has 0 aromatic heterocycles. The van der Waals surface area contributed by atoms with E-state index < -0.39 is 0 Å². The molecule has 2 aromatic carbocycles. The highest BCUT2D eigenvalue weighted by molar-refractivity contribution is 8.00. The predicted molar refractivity (Wildman–Crippen MR) is 92.5 cm³/mol. The molecule has 0 amide bonds. The lowest BCUT2D eigenvalue weighted by atomic mass is 10.2. The lowest BCUT2D eigenvalue weighted by Gasteiger charge is -2.23. The summed E-state index contributed by atoms with van der Waals surface area (Å²) in [7, 11) is 0. The molecule has 2 rings (SSSR count). The second kappa shape index (κ2) is 8.11. The highest BCUT2D eigenvalue weighted by Crippen LogP contribution is 2.34. The number of hydrogen-bond donors (Lipinski definition) is 0. The van der Waals surface area contributed by atoms with Gasteiger partial charge in [-0.1, -0.05) is 35.9 Å². The van der Waals surface area contributed by atoms with Crippen LogP contribution in [0.3, 0.4) is 0 Å². The van der Waals surface area contributed by atoms with Crippen LogP contribution in [0.5, 0.6) is 0 Å². The number of ether oxygens (including phenoxy) is 1. The molecule has 0 spiro atoms. The first-order valence-electron chi connectivity index (χ1n) is 7.02. The van der Waals surface area contributed by atoms with E-state index in [-0.39, 0.29) is 12.5 Å². The van der Waals surface area contributed by atoms with Crippen molar-refractivity contribution in [3.05, 3.63) is 59.1 Å². The number of nitrogens with zero attached hydrogens (tertiary/aromatic N) is 1. The summed E-state index contributed by atoms with van der Waals surface area (Å²) in [5.41, 5.74) is 1.89. The minimum atomic E-state index is -0.275. The number of aryl methyl sites for hydroxylation is 1. The quantitative estimate of drug-likeness (QED) is 0.564. The van der Waals surface area contributed by atoms with Gasteiger partial charge in [0, 0.05) is 4.90 Å². The standard InChI is InChI=1S/C17H18ClNO2S/c1-3-21-17(20)12-19(22-14-7-5-4-6-8-14)16-11-13(2)9-10-15(16)18/h4-11H,3,12H2,1-2H3. The molecule has 0 aliphatic rings. The maximum atomic E-state index is 11.9. The number of hydrogen-bond acceptors (Lipinski definition) is 4. The Hall–Kier alpha value is -1.65. The van der Waals surface area contributed by atoms with Crippen LogP contribution in [0.15, 0.2) is 53.4 Å². The normalized spacial score (nSPS) is 10.3. The molecule has 116 valence electrons. The van der Waals surface area contributed by atoms with Crippen molar-refractivity contribution in [2.75, 3.05) is 17.5 Å². The van der Waals surface area contributed by atoms with Crippen LogP contribution in [0.4, 0.5) is 5.69 Å². The Labute approximate surface area is 140 Å². The zero-order chi connectivity index (χ0) is 15.9. The maximum Gasteiger partial charge on any atom is 0.326 e. The number of rotatable bonds is 6. The van der Waals surface area contributed by atoms with Crippen molar-refractivity contribution in [3.63, 3.8) is 0 Å². The Kier molecular flexibility index (Phi) is 6.16. The van der Waals surface area contributed by atoms with Crippen LogP contribution in [0, 0.1) is 6.92 Å². The van der Waals surface area contributed by atoms with Crippen molar-refractivity contribution in [2.45, 2.75) is 18.7 Å². The molecule has 0 aliphatic carbocycles. The highest BCUT2D eigenvalue weighted by atomic mass is 35.5. The minimum Gasteiger partial charge on any atom is -0.465 e. The molecule has 0 radical (unpaired) electrons. The molecule has 0 saturated heterocycles. The molecule has 0 saturated carbocycles. The molecule has 0 N–H and O–H groups in total. The minimum absolute atomic E-state index is 0.135. The average molecular weight is 336 g/mol. The SMILES string of the molecule is CCOC(=O)CN(Sc1ccccc1)c1cc(C)ccc1Cl. The summed E-state index contributed by atoms with van der Waals surface area (Å²) >= 11 is 7.78. The van der Waals surface area contributed by atoms with Crippen LogP contribution in [-0.4, -0.2) is 19.1 Å². The van der Waals surface area contributed by atoms with Gasteiger partial charge in [0.25, 0.3) is 0 Å². The third-order valence-electron chi connectivity index (χ3n) is 2.91. The number of carbonyl (C=O) groups is 1. The van der Waals surface area contributed by atoms with Crippen LogP contribution in [0.1, 0.15) is 12.5 Å². The third kappa shape index (κ3) is 4.68. The number of halogens is 1. The Bertz CT molecular complexity index is 634. The molecule has 0 atom stereocenters. The number of carbonyl (C=O) groups excluding carboxylic acids is 1. The lowest BCUT2D eigenvalue weighted by molar-refractivity contribution is -0.141. The fraction of sp³-hybridized carbons (Fsp3) is 0.235. The first-order chi connectivity index (χ1) is 10.6. The van der Waals surface area contributed by atoms with E-state index in [2.05, 4.69) is 0 Å². The van der Waals surface area contributed by atoms with E-state index in [1.54, 1.807) is 6.92 Å². The first kappa shape index (κ1) is 16.7. The average Bonchev–Trinajstić information content (AvgIpc) is 2.50. The fourth-order valence-corrected chi connectivity index (χ4v) is 3.14. The molecule has 0 bridgehead atoms. The van der Waals surface area contributed by atoms with Crippen molar-refractivity contribution in [1.29, 1.82) is 0 Å². The second-order valence-corrected chi connectivity index (χ2v) is 6.20. The van der Waals surface area contributed by atoms with Gasteiger partial charge in [-0.05, 0) is 55.6 Å². The van der Waals surface area contributed by atoms with Crippen LogP contribution >= 0.6 is 23.5 Å². The van der Waals surface area contributed by atoms with Crippen molar-refractivity contribution >= 4 is 35.2 Å². The highest BCUT2D eigenvalue weighted by Gasteiger charge is 2.17. The topological polar surface area (TPSA) is 29.5 Å². The second-order valence-electron chi connectivity index (χ2n) is 4.70. The van der Waals surface area contributed by atoms with E-state index in [0.717, 1.165) is 16.1 Å². The summed E-state index contributed by atoms with van der Waals surface area (Å²) in [6.07, 6.45) is 0. The van der Waals surface area contributed by atoms with E-state index in [1.165, 1.54) is 11.9 Å². The molecule has 2 aromatic rings. The Morgan fingerprint density at radius 1 is 1.23 bits per heavy atom. The molecular weight excluding hydrogens is 318 g/mol. The number of anilines is 1. The van der Waals surface area contributed by atoms with Gasteiger partial charge in [-0.2, -0.15) is 0 Å². The zero-order valence-corrected chi connectivity index (χ0v) is 14.2. The molecule has 5 heteroatoms. The van der Waals surface area contributed by atoms with Gasteiger partial charge in [0.15, 0.2) is 0 Å². The summed E-state index contributed by atoms with van der Waals surface area (Å²) in [5.74, 6) is -0.275. The van der Waals surface area contributed by atoms with Crippen LogP contribution in [-0.2, 0) is 9.53 Å². The van der Waals surface area contributed by atoms with Crippen LogP contribution in [0.25, 0.3) is 0 Å². The monoisotopic (exact) mass is 335 g/mol. The van der Waals surface area contributed by atoms with E-state index in [9.17, 15) is 4.79 Å². The van der Waals surface area contributed by atoms with Gasteiger partial charge in [0.2, 0.25) is 0 Å². The maximum absolute atomic E-state index is 11.9. The van der Waals surface area contributed by atoms with E-state index >= 15 is 0 Å². The molecule has 3 nitrogen and oxygen atoms in total. The lowest BCUT2D eigenvalue weighted by Crippen LogP contribution is -2.25. The van der Waals surface area contributed by atoms with Crippen molar-refractivity contribution < 1.29 is 9.53 Å². The largest absolute Gasteiger partial charge is 0.465 e. The zero-order valence-electron chi connectivity index (χ0n) is 12.6. The Morgan fingerprint density at radius 3 is 2.64 bits per heavy atom. The van der Waals surface area contributed by atoms with Crippen LogP contribution < -0.4 is 4.31 Å². The molecular formula is C17H18ClNO2S. The molecule has 0 unspecified atom stereocenters. The van der Waals surface area contributed by atoms with Gasteiger partial charge in [-0.3, -0.25) is 9.10 Å². The molecule has 0 aliphatic heterocycles. The van der Waals surface area contributed by atoms with E-state index in [1.807, 2.05) is 59.8 Å². The summed E-state index contributed by atoms with van der Waals surface area (Å²) in [6.45, 7) is 4.29. The predicted octanol–water partition coefficient (Wildman–Crippen LogP) is 4.73. The van der Waals surface area contributed by atoms with Gasteiger partial charge in [-0.25, -0.2) is 0 Å². The van der Waals surface area contributed by atoms with Gasteiger partial charge < -0.3 is 4.74 Å². The van der Waals surface area contributed by atoms with E-state index in [0.29, 0.717) is 11.6 Å². The van der Waals surface area contributed by atoms with Crippen molar-refractivity contribution in [2.24, 2.45) is 0 Å². The molecule has 0 heterocycles. The van der Waals surface area contributed by atoms with Gasteiger partial charge >= 0.3 is 5.97 Å². The summed E-state index contributed by atoms with van der Waals surface area (Å²) < 4.78 is 6.93. The summed E-state index contributed by atoms with van der Waals surface area (Å²) in [6, 6.07) is 15.6. The first-order valence-corrected chi connectivity index (χ1v) is 8.17.